The molecule has 3 N–H and O–H groups in total. The van der Waals surface area contributed by atoms with Crippen LogP contribution >= 0.6 is 0 Å². The van der Waals surface area contributed by atoms with Gasteiger partial charge in [0.25, 0.3) is 0 Å². The second-order valence-corrected chi connectivity index (χ2v) is 7.28. The topological polar surface area (TPSA) is 98.0 Å². The lowest BCUT2D eigenvalue weighted by atomic mass is 10.1. The van der Waals surface area contributed by atoms with Gasteiger partial charge < -0.3 is 5.43 Å². The molecule has 0 spiro atoms. The molecule has 3 rings (SSSR count). The van der Waals surface area contributed by atoms with Crippen LogP contribution in [0, 0.1) is 0 Å². The van der Waals surface area contributed by atoms with Crippen LogP contribution in [-0.4, -0.2) is 29.9 Å². The van der Waals surface area contributed by atoms with E-state index in [1.54, 1.807) is 0 Å². The summed E-state index contributed by atoms with van der Waals surface area (Å²) < 4.78 is 23.0. The van der Waals surface area contributed by atoms with Crippen LogP contribution in [0.2, 0.25) is 0 Å². The fraction of sp³-hybridized carbons (Fsp3) is 0.636. The summed E-state index contributed by atoms with van der Waals surface area (Å²) in [4.78, 5) is 8.82. The minimum absolute atomic E-state index is 0.0826. The number of nitrogen functional groups attached to an aromatic ring is 1. The summed E-state index contributed by atoms with van der Waals surface area (Å²) in [5.74, 6) is 7.40. The number of hydrazine groups is 1. The van der Waals surface area contributed by atoms with Crippen molar-refractivity contribution in [2.45, 2.75) is 31.1 Å². The minimum Gasteiger partial charge on any atom is -0.308 e. The highest BCUT2D eigenvalue weighted by atomic mass is 32.2. The zero-order chi connectivity index (χ0) is 12.8. The molecule has 1 aliphatic heterocycles. The van der Waals surface area contributed by atoms with Gasteiger partial charge in [0.05, 0.1) is 11.5 Å². The van der Waals surface area contributed by atoms with Crippen LogP contribution in [0.5, 0.6) is 0 Å². The van der Waals surface area contributed by atoms with E-state index in [2.05, 4.69) is 15.4 Å². The van der Waals surface area contributed by atoms with Gasteiger partial charge in [-0.3, -0.25) is 0 Å². The summed E-state index contributed by atoms with van der Waals surface area (Å²) in [6, 6.07) is 1.85. The van der Waals surface area contributed by atoms with Crippen molar-refractivity contribution in [2.24, 2.45) is 5.84 Å². The molecule has 0 radical (unpaired) electrons. The Labute approximate surface area is 106 Å². The van der Waals surface area contributed by atoms with E-state index >= 15 is 0 Å². The number of nitrogens with one attached hydrogen (secondary N) is 1. The maximum atomic E-state index is 11.5. The van der Waals surface area contributed by atoms with E-state index in [4.69, 9.17) is 5.84 Å². The summed E-state index contributed by atoms with van der Waals surface area (Å²) in [6.45, 7) is 0. The van der Waals surface area contributed by atoms with Gasteiger partial charge in [-0.05, 0) is 19.3 Å². The molecule has 0 aromatic carbocycles. The van der Waals surface area contributed by atoms with E-state index in [0.29, 0.717) is 24.0 Å². The molecule has 18 heavy (non-hydrogen) atoms. The van der Waals surface area contributed by atoms with Crippen molar-refractivity contribution in [1.29, 1.82) is 0 Å². The van der Waals surface area contributed by atoms with Gasteiger partial charge in [0.1, 0.15) is 11.6 Å². The SMILES string of the molecule is NNc1cc(C2CC2)nc(C2CCS(=O)(=O)C2)n1. The number of hydrogen-bond donors (Lipinski definition) is 2. The predicted octanol–water partition coefficient (Wildman–Crippen LogP) is 0.542. The van der Waals surface area contributed by atoms with Crippen LogP contribution in [0.15, 0.2) is 6.07 Å². The average molecular weight is 268 g/mol. The van der Waals surface area contributed by atoms with Gasteiger partial charge >= 0.3 is 0 Å². The molecule has 0 amide bonds. The summed E-state index contributed by atoms with van der Waals surface area (Å²) in [7, 11) is -2.91. The van der Waals surface area contributed by atoms with E-state index in [1.807, 2.05) is 6.07 Å². The lowest BCUT2D eigenvalue weighted by Gasteiger charge is -2.10. The molecule has 2 fully saturated rings. The number of hydrogen-bond acceptors (Lipinski definition) is 6. The van der Waals surface area contributed by atoms with Crippen molar-refractivity contribution < 1.29 is 8.42 Å². The maximum absolute atomic E-state index is 11.5. The first kappa shape index (κ1) is 11.9. The van der Waals surface area contributed by atoms with Gasteiger partial charge in [0.15, 0.2) is 9.84 Å². The normalized spacial score (nSPS) is 26.2. The molecule has 1 aromatic heterocycles. The van der Waals surface area contributed by atoms with E-state index < -0.39 is 9.84 Å². The number of anilines is 1. The minimum atomic E-state index is -2.91. The molecule has 1 aromatic rings. The number of sulfone groups is 1. The molecule has 1 saturated carbocycles. The van der Waals surface area contributed by atoms with Crippen LogP contribution in [0.3, 0.4) is 0 Å². The van der Waals surface area contributed by atoms with Gasteiger partial charge in [-0.25, -0.2) is 24.2 Å². The Balaban J connectivity index is 1.93. The molecule has 2 heterocycles. The van der Waals surface area contributed by atoms with Crippen LogP contribution in [-0.2, 0) is 9.84 Å². The standard InChI is InChI=1S/C11H16N4O2S/c12-15-10-5-9(7-1-2-7)13-11(14-10)8-3-4-18(16,17)6-8/h5,7-8H,1-4,6,12H2,(H,13,14,15). The summed E-state index contributed by atoms with van der Waals surface area (Å²) in [6.07, 6.45) is 2.90. The van der Waals surface area contributed by atoms with Gasteiger partial charge in [-0.2, -0.15) is 0 Å². The quantitative estimate of drug-likeness (QED) is 0.613. The van der Waals surface area contributed by atoms with E-state index in [-0.39, 0.29) is 17.4 Å². The molecule has 0 bridgehead atoms. The summed E-state index contributed by atoms with van der Waals surface area (Å²) in [5.41, 5.74) is 3.52. The number of rotatable bonds is 3. The van der Waals surface area contributed by atoms with E-state index in [0.717, 1.165) is 18.5 Å². The Morgan fingerprint density at radius 3 is 2.56 bits per heavy atom. The molecule has 7 heteroatoms. The van der Waals surface area contributed by atoms with Crippen LogP contribution in [0.1, 0.15) is 42.6 Å². The highest BCUT2D eigenvalue weighted by Gasteiger charge is 2.33. The summed E-state index contributed by atoms with van der Waals surface area (Å²) >= 11 is 0. The molecule has 1 atom stereocenters. The van der Waals surface area contributed by atoms with Gasteiger partial charge in [-0.1, -0.05) is 0 Å². The van der Waals surface area contributed by atoms with Crippen molar-refractivity contribution in [3.63, 3.8) is 0 Å². The van der Waals surface area contributed by atoms with Crippen LogP contribution < -0.4 is 11.3 Å². The first-order chi connectivity index (χ1) is 8.57. The first-order valence-electron chi connectivity index (χ1n) is 6.13. The molecule has 1 aliphatic carbocycles. The molecule has 98 valence electrons. The van der Waals surface area contributed by atoms with Crippen molar-refractivity contribution in [2.75, 3.05) is 16.9 Å². The van der Waals surface area contributed by atoms with Gasteiger partial charge in [0.2, 0.25) is 0 Å². The van der Waals surface area contributed by atoms with Crippen molar-refractivity contribution >= 4 is 15.7 Å². The average Bonchev–Trinajstić information content (AvgIpc) is 3.13. The predicted molar refractivity (Wildman–Crippen MR) is 67.8 cm³/mol. The van der Waals surface area contributed by atoms with Crippen LogP contribution in [0.25, 0.3) is 0 Å². The third-order valence-electron chi connectivity index (χ3n) is 3.50. The second kappa shape index (κ2) is 4.17. The highest BCUT2D eigenvalue weighted by molar-refractivity contribution is 7.91. The monoisotopic (exact) mass is 268 g/mol. The van der Waals surface area contributed by atoms with Crippen molar-refractivity contribution in [3.05, 3.63) is 17.6 Å². The maximum Gasteiger partial charge on any atom is 0.151 e. The van der Waals surface area contributed by atoms with Gasteiger partial charge in [-0.15, -0.1) is 0 Å². The third kappa shape index (κ3) is 2.32. The number of nitrogens with two attached hydrogens (primary N) is 1. The largest absolute Gasteiger partial charge is 0.308 e. The fourth-order valence-corrected chi connectivity index (χ4v) is 4.07. The molecule has 1 unspecified atom stereocenters. The Bertz CT molecular complexity index is 568. The highest BCUT2D eigenvalue weighted by Crippen LogP contribution is 2.40. The lowest BCUT2D eigenvalue weighted by molar-refractivity contribution is 0.601. The molecule has 2 aliphatic rings. The molecular formula is C11H16N4O2S. The van der Waals surface area contributed by atoms with Crippen LogP contribution in [0.4, 0.5) is 5.82 Å². The van der Waals surface area contributed by atoms with Crippen molar-refractivity contribution in [1.82, 2.24) is 9.97 Å². The lowest BCUT2D eigenvalue weighted by Crippen LogP contribution is -2.14. The zero-order valence-corrected chi connectivity index (χ0v) is 10.8. The smallest absolute Gasteiger partial charge is 0.151 e. The molecular weight excluding hydrogens is 252 g/mol. The Morgan fingerprint density at radius 2 is 2.00 bits per heavy atom. The summed E-state index contributed by atoms with van der Waals surface area (Å²) in [5, 5.41) is 0. The second-order valence-electron chi connectivity index (χ2n) is 5.05. The van der Waals surface area contributed by atoms with Crippen molar-refractivity contribution in [3.8, 4) is 0 Å². The first-order valence-corrected chi connectivity index (χ1v) is 7.95. The Hall–Kier alpha value is -1.21. The Morgan fingerprint density at radius 1 is 1.22 bits per heavy atom. The zero-order valence-electron chi connectivity index (χ0n) is 9.96. The third-order valence-corrected chi connectivity index (χ3v) is 5.27. The number of aromatic nitrogens is 2. The van der Waals surface area contributed by atoms with E-state index in [1.165, 1.54) is 0 Å². The Kier molecular flexibility index (Phi) is 2.74. The molecule has 6 nitrogen and oxygen atoms in total. The van der Waals surface area contributed by atoms with Gasteiger partial charge in [0, 0.05) is 23.6 Å². The van der Waals surface area contributed by atoms with E-state index in [9.17, 15) is 8.42 Å². The molecule has 1 saturated heterocycles. The number of nitrogens with zero attached hydrogens (tertiary/aromatic N) is 2. The fourth-order valence-electron chi connectivity index (χ4n) is 2.33.